The Morgan fingerprint density at radius 3 is 2.68 bits per heavy atom. The number of esters is 1. The number of aryl methyl sites for hydroxylation is 1. The third kappa shape index (κ3) is 4.09. The van der Waals surface area contributed by atoms with E-state index in [-0.39, 0.29) is 11.9 Å². The minimum Gasteiger partial charge on any atom is -0.465 e. The van der Waals surface area contributed by atoms with Crippen LogP contribution in [-0.4, -0.2) is 19.0 Å². The van der Waals surface area contributed by atoms with E-state index in [0.29, 0.717) is 17.0 Å². The Bertz CT molecular complexity index is 536. The van der Waals surface area contributed by atoms with Gasteiger partial charge in [0, 0.05) is 11.3 Å². The fraction of sp³-hybridized carbons (Fsp3) is 0.647. The van der Waals surface area contributed by atoms with Gasteiger partial charge in [-0.1, -0.05) is 26.2 Å². The molecule has 0 aromatic carbocycles. The molecule has 1 N–H and O–H groups in total. The molecular formula is C17H25NO3S. The highest BCUT2D eigenvalue weighted by molar-refractivity contribution is 7.17. The third-order valence-electron chi connectivity index (χ3n) is 4.07. The molecule has 1 aliphatic carbocycles. The summed E-state index contributed by atoms with van der Waals surface area (Å²) in [7, 11) is 1.40. The van der Waals surface area contributed by atoms with E-state index >= 15 is 0 Å². The van der Waals surface area contributed by atoms with Gasteiger partial charge in [0.25, 0.3) is 0 Å². The van der Waals surface area contributed by atoms with E-state index in [1.807, 2.05) is 0 Å². The molecule has 0 saturated carbocycles. The fourth-order valence-electron chi connectivity index (χ4n) is 2.87. The molecule has 22 heavy (non-hydrogen) atoms. The van der Waals surface area contributed by atoms with E-state index in [4.69, 9.17) is 4.74 Å². The summed E-state index contributed by atoms with van der Waals surface area (Å²) in [5.74, 6) is -0.335. The third-order valence-corrected chi connectivity index (χ3v) is 5.28. The normalized spacial score (nSPS) is 14.1. The second-order valence-corrected chi connectivity index (χ2v) is 6.87. The number of ether oxygens (including phenoxy) is 1. The van der Waals surface area contributed by atoms with Crippen LogP contribution >= 0.6 is 11.3 Å². The Morgan fingerprint density at radius 2 is 1.95 bits per heavy atom. The number of amides is 1. The average molecular weight is 323 g/mol. The van der Waals surface area contributed by atoms with Crippen LogP contribution in [-0.2, 0) is 22.4 Å². The van der Waals surface area contributed by atoms with E-state index in [2.05, 4.69) is 12.2 Å². The molecule has 122 valence electrons. The van der Waals surface area contributed by atoms with Gasteiger partial charge in [0.2, 0.25) is 5.91 Å². The Balaban J connectivity index is 2.19. The topological polar surface area (TPSA) is 55.4 Å². The fourth-order valence-corrected chi connectivity index (χ4v) is 4.17. The molecule has 1 heterocycles. The smallest absolute Gasteiger partial charge is 0.341 e. The molecule has 0 spiro atoms. The number of hydrogen-bond acceptors (Lipinski definition) is 4. The molecule has 2 rings (SSSR count). The maximum absolute atomic E-state index is 12.2. The van der Waals surface area contributed by atoms with Gasteiger partial charge in [0.1, 0.15) is 5.00 Å². The highest BCUT2D eigenvalue weighted by Gasteiger charge is 2.26. The van der Waals surface area contributed by atoms with E-state index in [1.165, 1.54) is 18.4 Å². The van der Waals surface area contributed by atoms with Crippen molar-refractivity contribution in [3.63, 3.8) is 0 Å². The highest BCUT2D eigenvalue weighted by atomic mass is 32.1. The zero-order valence-corrected chi connectivity index (χ0v) is 14.3. The number of carbonyl (C=O) groups is 2. The minimum absolute atomic E-state index is 0.00462. The molecule has 0 aliphatic heterocycles. The molecular weight excluding hydrogens is 298 g/mol. The molecule has 0 atom stereocenters. The van der Waals surface area contributed by atoms with Crippen LogP contribution in [0, 0.1) is 0 Å². The van der Waals surface area contributed by atoms with E-state index in [0.717, 1.165) is 50.5 Å². The lowest BCUT2D eigenvalue weighted by atomic mass is 10.1. The first kappa shape index (κ1) is 17.0. The van der Waals surface area contributed by atoms with Gasteiger partial charge in [-0.05, 0) is 37.7 Å². The van der Waals surface area contributed by atoms with Crippen molar-refractivity contribution in [1.29, 1.82) is 0 Å². The van der Waals surface area contributed by atoms with Gasteiger partial charge in [-0.15, -0.1) is 11.3 Å². The zero-order valence-electron chi connectivity index (χ0n) is 13.5. The van der Waals surface area contributed by atoms with E-state index in [9.17, 15) is 9.59 Å². The second-order valence-electron chi connectivity index (χ2n) is 5.77. The van der Waals surface area contributed by atoms with Crippen LogP contribution in [0.4, 0.5) is 5.00 Å². The molecule has 1 aromatic heterocycles. The molecule has 4 nitrogen and oxygen atoms in total. The quantitative estimate of drug-likeness (QED) is 0.482. The largest absolute Gasteiger partial charge is 0.465 e. The Hall–Kier alpha value is -1.36. The number of nitrogens with one attached hydrogen (secondary N) is 1. The summed E-state index contributed by atoms with van der Waals surface area (Å²) in [6, 6.07) is 0. The first-order chi connectivity index (χ1) is 10.7. The number of carbonyl (C=O) groups excluding carboxylic acids is 2. The van der Waals surface area contributed by atoms with Gasteiger partial charge < -0.3 is 10.1 Å². The summed E-state index contributed by atoms with van der Waals surface area (Å²) >= 11 is 1.55. The monoisotopic (exact) mass is 323 g/mol. The molecule has 5 heteroatoms. The summed E-state index contributed by atoms with van der Waals surface area (Å²) in [5, 5.41) is 3.62. The number of rotatable bonds is 6. The first-order valence-corrected chi connectivity index (χ1v) is 9.01. The molecule has 0 saturated heterocycles. The SMILES string of the molecule is CCCCCC(=O)Nc1sc2c(c1C(=O)OC)CCCCC2. The van der Waals surface area contributed by atoms with Crippen molar-refractivity contribution in [1.82, 2.24) is 0 Å². The predicted molar refractivity (Wildman–Crippen MR) is 89.7 cm³/mol. The molecule has 1 aromatic rings. The van der Waals surface area contributed by atoms with E-state index in [1.54, 1.807) is 11.3 Å². The molecule has 0 fully saturated rings. The Morgan fingerprint density at radius 1 is 1.18 bits per heavy atom. The van der Waals surface area contributed by atoms with E-state index < -0.39 is 0 Å². The minimum atomic E-state index is -0.330. The lowest BCUT2D eigenvalue weighted by Gasteiger charge is -2.07. The summed E-state index contributed by atoms with van der Waals surface area (Å²) in [6.07, 6.45) is 8.89. The van der Waals surface area contributed by atoms with Crippen molar-refractivity contribution in [2.75, 3.05) is 12.4 Å². The number of methoxy groups -OCH3 is 1. The first-order valence-electron chi connectivity index (χ1n) is 8.20. The number of thiophene rings is 1. The van der Waals surface area contributed by atoms with Crippen LogP contribution in [0.2, 0.25) is 0 Å². The van der Waals surface area contributed by atoms with Crippen LogP contribution in [0.15, 0.2) is 0 Å². The van der Waals surface area contributed by atoms with Crippen molar-refractivity contribution < 1.29 is 14.3 Å². The zero-order chi connectivity index (χ0) is 15.9. The lowest BCUT2D eigenvalue weighted by molar-refractivity contribution is -0.116. The summed E-state index contributed by atoms with van der Waals surface area (Å²) in [4.78, 5) is 25.5. The molecule has 0 unspecified atom stereocenters. The Labute approximate surface area is 136 Å². The van der Waals surface area contributed by atoms with Crippen molar-refractivity contribution in [3.05, 3.63) is 16.0 Å². The summed E-state index contributed by atoms with van der Waals surface area (Å²) in [5.41, 5.74) is 1.69. The molecule has 0 bridgehead atoms. The maximum Gasteiger partial charge on any atom is 0.341 e. The second kappa shape index (κ2) is 8.32. The number of anilines is 1. The number of fused-ring (bicyclic) bond motifs is 1. The van der Waals surface area contributed by atoms with Crippen LogP contribution in [0.5, 0.6) is 0 Å². The van der Waals surface area contributed by atoms with Gasteiger partial charge in [-0.3, -0.25) is 4.79 Å². The summed E-state index contributed by atoms with van der Waals surface area (Å²) in [6.45, 7) is 2.11. The average Bonchev–Trinajstić information content (AvgIpc) is 2.68. The van der Waals surface area contributed by atoms with Gasteiger partial charge in [-0.2, -0.15) is 0 Å². The van der Waals surface area contributed by atoms with Gasteiger partial charge >= 0.3 is 5.97 Å². The predicted octanol–water partition coefficient (Wildman–Crippen LogP) is 4.32. The highest BCUT2D eigenvalue weighted by Crippen LogP contribution is 2.38. The number of hydrogen-bond donors (Lipinski definition) is 1. The molecule has 1 aliphatic rings. The van der Waals surface area contributed by atoms with Crippen molar-refractivity contribution in [3.8, 4) is 0 Å². The standard InChI is InChI=1S/C17H25NO3S/c1-3-4-6-11-14(19)18-16-15(17(20)21-2)12-9-7-5-8-10-13(12)22-16/h3-11H2,1-2H3,(H,18,19). The maximum atomic E-state index is 12.2. The van der Waals surface area contributed by atoms with Crippen molar-refractivity contribution >= 4 is 28.2 Å². The lowest BCUT2D eigenvalue weighted by Crippen LogP contribution is -2.14. The Kier molecular flexibility index (Phi) is 6.43. The van der Waals surface area contributed by atoms with Gasteiger partial charge in [0.05, 0.1) is 12.7 Å². The van der Waals surface area contributed by atoms with Crippen LogP contribution in [0.1, 0.15) is 72.7 Å². The van der Waals surface area contributed by atoms with Crippen molar-refractivity contribution in [2.24, 2.45) is 0 Å². The molecule has 0 radical (unpaired) electrons. The van der Waals surface area contributed by atoms with Crippen LogP contribution < -0.4 is 5.32 Å². The summed E-state index contributed by atoms with van der Waals surface area (Å²) < 4.78 is 4.94. The van der Waals surface area contributed by atoms with Crippen molar-refractivity contribution in [2.45, 2.75) is 64.7 Å². The van der Waals surface area contributed by atoms with Crippen LogP contribution in [0.25, 0.3) is 0 Å². The number of unbranched alkanes of at least 4 members (excludes halogenated alkanes) is 2. The van der Waals surface area contributed by atoms with Gasteiger partial charge in [-0.25, -0.2) is 4.79 Å². The van der Waals surface area contributed by atoms with Gasteiger partial charge in [0.15, 0.2) is 0 Å². The molecule has 1 amide bonds. The van der Waals surface area contributed by atoms with Crippen LogP contribution in [0.3, 0.4) is 0 Å².